The Hall–Kier alpha value is -3.16. The number of aromatic hydroxyl groups is 1. The highest BCUT2D eigenvalue weighted by molar-refractivity contribution is 6.00. The van der Waals surface area contributed by atoms with E-state index in [9.17, 15) is 24.3 Å². The van der Waals surface area contributed by atoms with Crippen LogP contribution >= 0.6 is 0 Å². The number of benzene rings is 1. The lowest BCUT2D eigenvalue weighted by atomic mass is 9.75. The highest BCUT2D eigenvalue weighted by Gasteiger charge is 2.61. The molecule has 2 aliphatic rings. The van der Waals surface area contributed by atoms with Gasteiger partial charge in [-0.15, -0.1) is 0 Å². The molecule has 1 aliphatic heterocycles. The molecule has 0 saturated carbocycles. The molecule has 8 nitrogen and oxygen atoms in total. The second kappa shape index (κ2) is 6.86. The van der Waals surface area contributed by atoms with Crippen LogP contribution in [0.4, 0.5) is 0 Å². The number of phenolic OH excluding ortho intramolecular Hbond substituents is 1. The van der Waals surface area contributed by atoms with E-state index >= 15 is 0 Å². The van der Waals surface area contributed by atoms with Gasteiger partial charge in [0.15, 0.2) is 11.6 Å². The molecule has 3 unspecified atom stereocenters. The van der Waals surface area contributed by atoms with E-state index < -0.39 is 35.5 Å². The van der Waals surface area contributed by atoms with Crippen molar-refractivity contribution in [2.24, 2.45) is 5.92 Å². The normalized spacial score (nSPS) is 27.1. The summed E-state index contributed by atoms with van der Waals surface area (Å²) in [5.41, 5.74) is -1.86. The summed E-state index contributed by atoms with van der Waals surface area (Å²) in [6.45, 7) is 2.24. The van der Waals surface area contributed by atoms with Crippen LogP contribution in [0.5, 0.6) is 5.75 Å². The van der Waals surface area contributed by atoms with Gasteiger partial charge in [-0.1, -0.05) is 12.1 Å². The minimum absolute atomic E-state index is 0.0613. The second-order valence-corrected chi connectivity index (χ2v) is 6.40. The number of ether oxygens (including phenoxy) is 3. The molecule has 0 amide bonds. The maximum atomic E-state index is 13.4. The van der Waals surface area contributed by atoms with Crippen LogP contribution in [0, 0.1) is 5.92 Å². The molecule has 1 N–H and O–H groups in total. The van der Waals surface area contributed by atoms with Gasteiger partial charge in [0.1, 0.15) is 11.5 Å². The SMILES string of the molecule is CC(=O)OC1OC2=CC(=O)CCC2C(=O)C1(OC(C)=O)c1ccc(O)cc1. The fraction of sp³-hybridized carbons (Fsp3) is 0.368. The van der Waals surface area contributed by atoms with E-state index in [4.69, 9.17) is 14.2 Å². The Bertz CT molecular complexity index is 838. The molecule has 1 aromatic carbocycles. The molecule has 1 heterocycles. The van der Waals surface area contributed by atoms with Crippen molar-refractivity contribution < 1.29 is 38.5 Å². The molecule has 1 aliphatic carbocycles. The molecule has 0 radical (unpaired) electrons. The fourth-order valence-corrected chi connectivity index (χ4v) is 3.35. The van der Waals surface area contributed by atoms with Crippen LogP contribution in [0.15, 0.2) is 36.1 Å². The smallest absolute Gasteiger partial charge is 0.305 e. The third-order valence-corrected chi connectivity index (χ3v) is 4.46. The van der Waals surface area contributed by atoms with E-state index in [-0.39, 0.29) is 35.7 Å². The number of carbonyl (C=O) groups is 4. The first-order chi connectivity index (χ1) is 12.7. The van der Waals surface area contributed by atoms with Crippen molar-refractivity contribution in [3.05, 3.63) is 41.7 Å². The van der Waals surface area contributed by atoms with Gasteiger partial charge in [0.25, 0.3) is 11.9 Å². The Kier molecular flexibility index (Phi) is 4.73. The number of fused-ring (bicyclic) bond motifs is 1. The predicted octanol–water partition coefficient (Wildman–Crippen LogP) is 1.50. The predicted molar refractivity (Wildman–Crippen MR) is 89.0 cm³/mol. The van der Waals surface area contributed by atoms with Crippen molar-refractivity contribution in [3.8, 4) is 5.75 Å². The Balaban J connectivity index is 2.19. The summed E-state index contributed by atoms with van der Waals surface area (Å²) in [7, 11) is 0. The van der Waals surface area contributed by atoms with E-state index in [1.165, 1.54) is 30.3 Å². The maximum Gasteiger partial charge on any atom is 0.305 e. The minimum atomic E-state index is -2.05. The number of esters is 2. The van der Waals surface area contributed by atoms with E-state index in [2.05, 4.69) is 0 Å². The van der Waals surface area contributed by atoms with E-state index in [0.29, 0.717) is 0 Å². The van der Waals surface area contributed by atoms with Crippen LogP contribution in [-0.4, -0.2) is 34.9 Å². The number of phenols is 1. The lowest BCUT2D eigenvalue weighted by Crippen LogP contribution is -2.59. The quantitative estimate of drug-likeness (QED) is 0.791. The Labute approximate surface area is 154 Å². The number of ketones is 2. The second-order valence-electron chi connectivity index (χ2n) is 6.40. The zero-order valence-corrected chi connectivity index (χ0v) is 14.8. The molecular formula is C19H18O8. The van der Waals surface area contributed by atoms with Gasteiger partial charge in [-0.3, -0.25) is 19.2 Å². The van der Waals surface area contributed by atoms with Gasteiger partial charge in [0.2, 0.25) is 0 Å². The minimum Gasteiger partial charge on any atom is -0.508 e. The van der Waals surface area contributed by atoms with Crippen LogP contribution in [0.3, 0.4) is 0 Å². The molecule has 3 atom stereocenters. The van der Waals surface area contributed by atoms with E-state index in [0.717, 1.165) is 13.8 Å². The molecule has 0 spiro atoms. The third-order valence-electron chi connectivity index (χ3n) is 4.46. The summed E-state index contributed by atoms with van der Waals surface area (Å²) in [6, 6.07) is 5.40. The Morgan fingerprint density at radius 2 is 1.81 bits per heavy atom. The topological polar surface area (TPSA) is 116 Å². The molecule has 1 fully saturated rings. The van der Waals surface area contributed by atoms with Gasteiger partial charge in [-0.2, -0.15) is 0 Å². The summed E-state index contributed by atoms with van der Waals surface area (Å²) < 4.78 is 16.3. The highest BCUT2D eigenvalue weighted by Crippen LogP contribution is 2.45. The van der Waals surface area contributed by atoms with Crippen LogP contribution in [-0.2, 0) is 39.0 Å². The van der Waals surface area contributed by atoms with Crippen molar-refractivity contribution in [3.63, 3.8) is 0 Å². The largest absolute Gasteiger partial charge is 0.508 e. The van der Waals surface area contributed by atoms with E-state index in [1.807, 2.05) is 0 Å². The van der Waals surface area contributed by atoms with Crippen LogP contribution < -0.4 is 0 Å². The zero-order valence-electron chi connectivity index (χ0n) is 14.8. The lowest BCUT2D eigenvalue weighted by Gasteiger charge is -2.44. The fourth-order valence-electron chi connectivity index (χ4n) is 3.35. The molecule has 8 heteroatoms. The van der Waals surface area contributed by atoms with Gasteiger partial charge in [-0.05, 0) is 18.6 Å². The van der Waals surface area contributed by atoms with Crippen molar-refractivity contribution in [1.82, 2.24) is 0 Å². The number of rotatable bonds is 3. The third kappa shape index (κ3) is 3.30. The number of hydrogen-bond acceptors (Lipinski definition) is 8. The van der Waals surface area contributed by atoms with Gasteiger partial charge in [-0.25, -0.2) is 0 Å². The van der Waals surface area contributed by atoms with Gasteiger partial charge >= 0.3 is 11.9 Å². The first-order valence-electron chi connectivity index (χ1n) is 8.35. The van der Waals surface area contributed by atoms with Gasteiger partial charge in [0.05, 0.1) is 5.92 Å². The average molecular weight is 374 g/mol. The molecule has 0 aromatic heterocycles. The van der Waals surface area contributed by atoms with Gasteiger partial charge < -0.3 is 19.3 Å². The summed E-state index contributed by atoms with van der Waals surface area (Å²) in [6.07, 6.45) is -0.0637. The first kappa shape index (κ1) is 18.6. The zero-order chi connectivity index (χ0) is 19.8. The van der Waals surface area contributed by atoms with Crippen molar-refractivity contribution >= 4 is 23.5 Å². The summed E-state index contributed by atoms with van der Waals surface area (Å²) in [5, 5.41) is 9.56. The number of allylic oxidation sites excluding steroid dienone is 2. The Morgan fingerprint density at radius 3 is 2.41 bits per heavy atom. The van der Waals surface area contributed by atoms with Crippen molar-refractivity contribution in [2.45, 2.75) is 38.6 Å². The average Bonchev–Trinajstić information content (AvgIpc) is 2.58. The molecule has 27 heavy (non-hydrogen) atoms. The lowest BCUT2D eigenvalue weighted by molar-refractivity contribution is -0.246. The summed E-state index contributed by atoms with van der Waals surface area (Å²) >= 11 is 0. The van der Waals surface area contributed by atoms with Gasteiger partial charge in [0, 0.05) is 31.9 Å². The van der Waals surface area contributed by atoms with Crippen LogP contribution in [0.25, 0.3) is 0 Å². The number of hydrogen-bond donors (Lipinski definition) is 1. The molecule has 0 bridgehead atoms. The van der Waals surface area contributed by atoms with Crippen LogP contribution in [0.2, 0.25) is 0 Å². The summed E-state index contributed by atoms with van der Waals surface area (Å²) in [4.78, 5) is 48.6. The van der Waals surface area contributed by atoms with Crippen LogP contribution in [0.1, 0.15) is 32.3 Å². The summed E-state index contributed by atoms with van der Waals surface area (Å²) in [5.74, 6) is -3.10. The molecule has 3 rings (SSSR count). The maximum absolute atomic E-state index is 13.4. The molecule has 1 aromatic rings. The number of carbonyl (C=O) groups excluding carboxylic acids is 4. The van der Waals surface area contributed by atoms with Crippen molar-refractivity contribution in [1.29, 1.82) is 0 Å². The first-order valence-corrected chi connectivity index (χ1v) is 8.35. The Morgan fingerprint density at radius 1 is 1.15 bits per heavy atom. The molecular weight excluding hydrogens is 356 g/mol. The number of Topliss-reactive ketones (excluding diaryl/α,β-unsaturated/α-hetero) is 1. The monoisotopic (exact) mass is 374 g/mol. The van der Waals surface area contributed by atoms with E-state index in [1.54, 1.807) is 0 Å². The molecule has 1 saturated heterocycles. The standard InChI is InChI=1S/C19H18O8/c1-10(20)25-18-19(27-11(2)21,12-3-5-13(22)6-4-12)17(24)15-8-7-14(23)9-16(15)26-18/h3-6,9,15,18,22H,7-8H2,1-2H3. The molecule has 142 valence electrons. The highest BCUT2D eigenvalue weighted by atomic mass is 16.7. The van der Waals surface area contributed by atoms with Crippen molar-refractivity contribution in [2.75, 3.05) is 0 Å².